The molecular weight excluding hydrogens is 212 g/mol. The fraction of sp³-hybridized carbons (Fsp3) is 0.400. The summed E-state index contributed by atoms with van der Waals surface area (Å²) in [4.78, 5) is 10.4. The molecule has 0 aromatic carbocycles. The van der Waals surface area contributed by atoms with E-state index in [4.69, 9.17) is 4.55 Å². The summed E-state index contributed by atoms with van der Waals surface area (Å²) < 4.78 is 32.9. The van der Waals surface area contributed by atoms with Crippen LogP contribution in [0.5, 0.6) is 0 Å². The van der Waals surface area contributed by atoms with Gasteiger partial charge >= 0.3 is 53.8 Å². The van der Waals surface area contributed by atoms with Gasteiger partial charge in [0, 0.05) is 6.08 Å². The molecule has 0 fully saturated rings. The molecule has 1 unspecified atom stereocenters. The van der Waals surface area contributed by atoms with E-state index in [1.54, 1.807) is 0 Å². The molecule has 7 heteroatoms. The SMILES string of the molecule is C=CC(=O)OC(C)S(=O)(=O)O.[CaH2]. The summed E-state index contributed by atoms with van der Waals surface area (Å²) in [5, 5.41) is 0. The van der Waals surface area contributed by atoms with Crippen molar-refractivity contribution in [1.82, 2.24) is 0 Å². The van der Waals surface area contributed by atoms with Crippen LogP contribution in [0.1, 0.15) is 6.92 Å². The second-order valence-electron chi connectivity index (χ2n) is 1.72. The maximum absolute atomic E-state index is 10.4. The molecule has 0 aromatic rings. The molecule has 1 N–H and O–H groups in total. The number of hydrogen-bond acceptors (Lipinski definition) is 4. The van der Waals surface area contributed by atoms with Crippen LogP contribution in [-0.2, 0) is 19.6 Å². The van der Waals surface area contributed by atoms with Gasteiger partial charge in [0.05, 0.1) is 0 Å². The van der Waals surface area contributed by atoms with Gasteiger partial charge in [0.1, 0.15) is 0 Å². The Balaban J connectivity index is 0. The van der Waals surface area contributed by atoms with Crippen LogP contribution in [0, 0.1) is 0 Å². The first kappa shape index (κ1) is 14.9. The minimum absolute atomic E-state index is 0. The third-order valence-electron chi connectivity index (χ3n) is 0.868. The molecule has 0 aliphatic heterocycles. The van der Waals surface area contributed by atoms with Gasteiger partial charge in [0.25, 0.3) is 0 Å². The van der Waals surface area contributed by atoms with E-state index in [1.807, 2.05) is 0 Å². The number of carbonyl (C=O) groups excluding carboxylic acids is 1. The van der Waals surface area contributed by atoms with Crippen LogP contribution >= 0.6 is 0 Å². The van der Waals surface area contributed by atoms with Gasteiger partial charge in [-0.2, -0.15) is 8.42 Å². The van der Waals surface area contributed by atoms with E-state index >= 15 is 0 Å². The molecule has 0 heterocycles. The van der Waals surface area contributed by atoms with Crippen molar-refractivity contribution >= 4 is 53.8 Å². The van der Waals surface area contributed by atoms with Gasteiger partial charge < -0.3 is 4.74 Å². The average molecular weight is 222 g/mol. The zero-order valence-electron chi connectivity index (χ0n) is 5.85. The molecule has 0 aliphatic carbocycles. The predicted molar refractivity (Wildman–Crippen MR) is 45.8 cm³/mol. The van der Waals surface area contributed by atoms with Crippen LogP contribution in [0.4, 0.5) is 0 Å². The Hall–Kier alpha value is 0.380. The third-order valence-corrected chi connectivity index (χ3v) is 1.80. The van der Waals surface area contributed by atoms with Crippen molar-refractivity contribution < 1.29 is 22.5 Å². The van der Waals surface area contributed by atoms with E-state index in [0.717, 1.165) is 13.0 Å². The molecule has 0 saturated carbocycles. The Morgan fingerprint density at radius 1 is 1.67 bits per heavy atom. The number of esters is 1. The fourth-order valence-electron chi connectivity index (χ4n) is 0.272. The van der Waals surface area contributed by atoms with Gasteiger partial charge in [-0.3, -0.25) is 4.55 Å². The molecule has 0 amide bonds. The molecule has 0 spiro atoms. The van der Waals surface area contributed by atoms with Crippen molar-refractivity contribution in [1.29, 1.82) is 0 Å². The Bertz CT molecular complexity index is 257. The molecule has 0 radical (unpaired) electrons. The van der Waals surface area contributed by atoms with Crippen molar-refractivity contribution in [3.63, 3.8) is 0 Å². The van der Waals surface area contributed by atoms with Crippen LogP contribution in [0.2, 0.25) is 0 Å². The summed E-state index contributed by atoms with van der Waals surface area (Å²) in [6.45, 7) is 4.08. The fourth-order valence-corrected chi connectivity index (χ4v) is 0.489. The Morgan fingerprint density at radius 2 is 2.08 bits per heavy atom. The van der Waals surface area contributed by atoms with Crippen LogP contribution in [0.3, 0.4) is 0 Å². The summed E-state index contributed by atoms with van der Waals surface area (Å²) >= 11 is 0. The van der Waals surface area contributed by atoms with Crippen molar-refractivity contribution in [3.05, 3.63) is 12.7 Å². The third kappa shape index (κ3) is 5.96. The maximum atomic E-state index is 10.4. The summed E-state index contributed by atoms with van der Waals surface area (Å²) in [6, 6.07) is 0. The van der Waals surface area contributed by atoms with Gasteiger partial charge in [-0.05, 0) is 6.92 Å². The van der Waals surface area contributed by atoms with E-state index in [9.17, 15) is 13.2 Å². The summed E-state index contributed by atoms with van der Waals surface area (Å²) in [6.07, 6.45) is 0.807. The van der Waals surface area contributed by atoms with Gasteiger partial charge in [-0.1, -0.05) is 6.58 Å². The van der Waals surface area contributed by atoms with Crippen LogP contribution in [-0.4, -0.2) is 62.1 Å². The summed E-state index contributed by atoms with van der Waals surface area (Å²) in [7, 11) is -4.30. The zero-order valence-corrected chi connectivity index (χ0v) is 6.67. The monoisotopic (exact) mass is 222 g/mol. The quantitative estimate of drug-likeness (QED) is 0.288. The van der Waals surface area contributed by atoms with Crippen molar-refractivity contribution in [3.8, 4) is 0 Å². The second-order valence-corrected chi connectivity index (χ2v) is 3.42. The van der Waals surface area contributed by atoms with Gasteiger partial charge in [-0.25, -0.2) is 4.79 Å². The second kappa shape index (κ2) is 5.93. The Labute approximate surface area is 101 Å². The van der Waals surface area contributed by atoms with Crippen LogP contribution in [0.25, 0.3) is 0 Å². The van der Waals surface area contributed by atoms with Crippen molar-refractivity contribution in [2.75, 3.05) is 0 Å². The molecule has 0 aliphatic rings. The summed E-state index contributed by atoms with van der Waals surface area (Å²) in [5.41, 5.74) is -1.55. The number of ether oxygens (including phenoxy) is 1. The van der Waals surface area contributed by atoms with Gasteiger partial charge in [-0.15, -0.1) is 0 Å². The number of rotatable bonds is 3. The van der Waals surface area contributed by atoms with E-state index in [0.29, 0.717) is 0 Å². The molecule has 1 atom stereocenters. The van der Waals surface area contributed by atoms with E-state index in [1.165, 1.54) is 0 Å². The molecule has 0 bridgehead atoms. The summed E-state index contributed by atoms with van der Waals surface area (Å²) in [5.74, 6) is -0.893. The topological polar surface area (TPSA) is 80.7 Å². The molecule has 68 valence electrons. The first-order valence-corrected chi connectivity index (χ1v) is 4.17. The minimum atomic E-state index is -4.30. The van der Waals surface area contributed by atoms with Crippen molar-refractivity contribution in [2.24, 2.45) is 0 Å². The molecular formula is C5H10CaO5S. The molecule has 5 nitrogen and oxygen atoms in total. The Kier molecular flexibility index (Phi) is 7.35. The average Bonchev–Trinajstić information content (AvgIpc) is 1.85. The van der Waals surface area contributed by atoms with Gasteiger partial charge in [0.2, 0.25) is 5.44 Å². The standard InChI is InChI=1S/C5H8O5S.Ca.2H/c1-3-5(6)10-4(2)11(7,8)9;;;/h3-4H,1H2,2H3,(H,7,8,9);;;. The molecule has 12 heavy (non-hydrogen) atoms. The van der Waals surface area contributed by atoms with Crippen LogP contribution in [0.15, 0.2) is 12.7 Å². The first-order valence-electron chi connectivity index (χ1n) is 2.67. The van der Waals surface area contributed by atoms with Crippen molar-refractivity contribution in [2.45, 2.75) is 12.4 Å². The van der Waals surface area contributed by atoms with E-state index in [2.05, 4.69) is 11.3 Å². The van der Waals surface area contributed by atoms with Gasteiger partial charge in [0.15, 0.2) is 0 Å². The first-order chi connectivity index (χ1) is 4.88. The predicted octanol–water partition coefficient (Wildman–Crippen LogP) is -0.967. The molecule has 0 saturated heterocycles. The number of carbonyl (C=O) groups is 1. The normalized spacial score (nSPS) is 12.5. The Morgan fingerprint density at radius 3 is 2.33 bits per heavy atom. The van der Waals surface area contributed by atoms with E-state index in [-0.39, 0.29) is 37.7 Å². The number of hydrogen-bond donors (Lipinski definition) is 1. The molecule has 0 rings (SSSR count). The zero-order chi connectivity index (χ0) is 9.07. The van der Waals surface area contributed by atoms with E-state index < -0.39 is 21.5 Å². The molecule has 0 aromatic heterocycles. The van der Waals surface area contributed by atoms with Crippen LogP contribution < -0.4 is 0 Å².